The Bertz CT molecular complexity index is 1210. The lowest BCUT2D eigenvalue weighted by Gasteiger charge is -2.13. The first-order valence-electron chi connectivity index (χ1n) is 11.5. The van der Waals surface area contributed by atoms with Gasteiger partial charge in [-0.2, -0.15) is 5.10 Å². The van der Waals surface area contributed by atoms with E-state index >= 15 is 0 Å². The molecule has 1 aromatic heterocycles. The molecule has 0 unspecified atom stereocenters. The number of anilines is 1. The minimum atomic E-state index is -0.0486. The van der Waals surface area contributed by atoms with E-state index in [1.54, 1.807) is 0 Å². The van der Waals surface area contributed by atoms with Crippen molar-refractivity contribution in [3.8, 4) is 11.5 Å². The molecule has 0 aliphatic carbocycles. The van der Waals surface area contributed by atoms with Crippen LogP contribution in [-0.4, -0.2) is 40.2 Å². The van der Waals surface area contributed by atoms with Gasteiger partial charge in [-0.3, -0.25) is 9.48 Å². The van der Waals surface area contributed by atoms with Gasteiger partial charge in [0.1, 0.15) is 11.5 Å². The average Bonchev–Trinajstić information content (AvgIpc) is 3.49. The summed E-state index contributed by atoms with van der Waals surface area (Å²) in [5, 5.41) is 8.71. The standard InChI is InChI=1S/C27H28N4O2/c32-27(18-21-8-11-25(12-9-21)33-24-6-2-1-3-7-24)28-23-10-13-26-22(19-23)20-31(29-26)17-16-30-14-4-5-15-30/h1-3,6-13,19-20H,4-5,14-18H2,(H,28,32). The van der Waals surface area contributed by atoms with E-state index in [1.807, 2.05) is 77.5 Å². The van der Waals surface area contributed by atoms with Gasteiger partial charge in [-0.25, -0.2) is 0 Å². The van der Waals surface area contributed by atoms with Crippen LogP contribution in [0.25, 0.3) is 10.9 Å². The van der Waals surface area contributed by atoms with Crippen LogP contribution in [0.5, 0.6) is 11.5 Å². The van der Waals surface area contributed by atoms with Crippen LogP contribution in [0.2, 0.25) is 0 Å². The molecule has 1 amide bonds. The van der Waals surface area contributed by atoms with Gasteiger partial charge in [0.2, 0.25) is 5.91 Å². The second kappa shape index (κ2) is 9.88. The van der Waals surface area contributed by atoms with E-state index in [4.69, 9.17) is 4.74 Å². The Morgan fingerprint density at radius 1 is 0.909 bits per heavy atom. The molecule has 33 heavy (non-hydrogen) atoms. The normalized spacial score (nSPS) is 13.9. The number of carbonyl (C=O) groups is 1. The molecule has 0 radical (unpaired) electrons. The maximum atomic E-state index is 12.6. The summed E-state index contributed by atoms with van der Waals surface area (Å²) in [6, 6.07) is 23.1. The zero-order valence-corrected chi connectivity index (χ0v) is 18.6. The highest BCUT2D eigenvalue weighted by atomic mass is 16.5. The molecule has 1 saturated heterocycles. The van der Waals surface area contributed by atoms with Crippen LogP contribution in [0.4, 0.5) is 5.69 Å². The fraction of sp³-hybridized carbons (Fsp3) is 0.259. The summed E-state index contributed by atoms with van der Waals surface area (Å²) in [5.41, 5.74) is 2.67. The number of hydrogen-bond acceptors (Lipinski definition) is 4. The van der Waals surface area contributed by atoms with Gasteiger partial charge in [0.25, 0.3) is 0 Å². The van der Waals surface area contributed by atoms with Crippen LogP contribution in [0.3, 0.4) is 0 Å². The van der Waals surface area contributed by atoms with Crippen molar-refractivity contribution in [2.75, 3.05) is 25.0 Å². The summed E-state index contributed by atoms with van der Waals surface area (Å²) >= 11 is 0. The van der Waals surface area contributed by atoms with Gasteiger partial charge >= 0.3 is 0 Å². The van der Waals surface area contributed by atoms with Gasteiger partial charge < -0.3 is 15.0 Å². The number of fused-ring (bicyclic) bond motifs is 1. The topological polar surface area (TPSA) is 59.4 Å². The van der Waals surface area contributed by atoms with Crippen molar-refractivity contribution in [3.63, 3.8) is 0 Å². The number of benzene rings is 3. The fourth-order valence-corrected chi connectivity index (χ4v) is 4.21. The third kappa shape index (κ3) is 5.59. The Balaban J connectivity index is 1.16. The highest BCUT2D eigenvalue weighted by Gasteiger charge is 2.12. The average molecular weight is 441 g/mol. The van der Waals surface area contributed by atoms with Crippen LogP contribution < -0.4 is 10.1 Å². The Morgan fingerprint density at radius 3 is 2.45 bits per heavy atom. The number of aromatic nitrogens is 2. The number of carbonyl (C=O) groups excluding carboxylic acids is 1. The molecule has 5 rings (SSSR count). The third-order valence-electron chi connectivity index (χ3n) is 5.95. The summed E-state index contributed by atoms with van der Waals surface area (Å²) in [5.74, 6) is 1.49. The van der Waals surface area contributed by atoms with Crippen LogP contribution in [0, 0.1) is 0 Å². The second-order valence-corrected chi connectivity index (χ2v) is 8.50. The van der Waals surface area contributed by atoms with Gasteiger partial charge in [0.15, 0.2) is 0 Å². The smallest absolute Gasteiger partial charge is 0.228 e. The van der Waals surface area contributed by atoms with Gasteiger partial charge in [-0.05, 0) is 74.0 Å². The van der Waals surface area contributed by atoms with E-state index < -0.39 is 0 Å². The monoisotopic (exact) mass is 440 g/mol. The van der Waals surface area contributed by atoms with Crippen molar-refractivity contribution in [1.29, 1.82) is 0 Å². The number of hydrogen-bond donors (Lipinski definition) is 1. The van der Waals surface area contributed by atoms with Crippen molar-refractivity contribution in [1.82, 2.24) is 14.7 Å². The van der Waals surface area contributed by atoms with Crippen molar-refractivity contribution < 1.29 is 9.53 Å². The van der Waals surface area contributed by atoms with E-state index in [9.17, 15) is 4.79 Å². The lowest BCUT2D eigenvalue weighted by atomic mass is 10.1. The molecule has 1 N–H and O–H groups in total. The Morgan fingerprint density at radius 2 is 1.67 bits per heavy atom. The number of likely N-dealkylation sites (tertiary alicyclic amines) is 1. The van der Waals surface area contributed by atoms with Gasteiger partial charge in [0.05, 0.1) is 18.5 Å². The lowest BCUT2D eigenvalue weighted by Crippen LogP contribution is -2.24. The van der Waals surface area contributed by atoms with Gasteiger partial charge in [-0.15, -0.1) is 0 Å². The predicted molar refractivity (Wildman–Crippen MR) is 131 cm³/mol. The fourth-order valence-electron chi connectivity index (χ4n) is 4.21. The van der Waals surface area contributed by atoms with Crippen molar-refractivity contribution >= 4 is 22.5 Å². The largest absolute Gasteiger partial charge is 0.457 e. The van der Waals surface area contributed by atoms with Crippen molar-refractivity contribution in [3.05, 3.63) is 84.6 Å². The number of ether oxygens (including phenoxy) is 1. The summed E-state index contributed by atoms with van der Waals surface area (Å²) < 4.78 is 7.82. The highest BCUT2D eigenvalue weighted by Crippen LogP contribution is 2.22. The Kier molecular flexibility index (Phi) is 6.35. The number of rotatable bonds is 8. The lowest BCUT2D eigenvalue weighted by molar-refractivity contribution is -0.115. The molecule has 2 heterocycles. The maximum Gasteiger partial charge on any atom is 0.228 e. The van der Waals surface area contributed by atoms with Crippen LogP contribution in [0.15, 0.2) is 79.0 Å². The second-order valence-electron chi connectivity index (χ2n) is 8.50. The predicted octanol–water partition coefficient (Wildman–Crippen LogP) is 5.11. The first-order chi connectivity index (χ1) is 16.2. The maximum absolute atomic E-state index is 12.6. The number of para-hydroxylation sites is 1. The minimum Gasteiger partial charge on any atom is -0.457 e. The van der Waals surface area contributed by atoms with Gasteiger partial charge in [0, 0.05) is 23.8 Å². The van der Waals surface area contributed by atoms with E-state index in [0.29, 0.717) is 6.42 Å². The van der Waals surface area contributed by atoms with Crippen LogP contribution in [-0.2, 0) is 17.8 Å². The molecule has 3 aromatic carbocycles. The highest BCUT2D eigenvalue weighted by molar-refractivity contribution is 5.94. The molecular formula is C27H28N4O2. The van der Waals surface area contributed by atoms with E-state index in [0.717, 1.165) is 46.7 Å². The molecule has 4 aromatic rings. The molecule has 0 spiro atoms. The molecule has 6 nitrogen and oxygen atoms in total. The molecular weight excluding hydrogens is 412 g/mol. The molecule has 6 heteroatoms. The summed E-state index contributed by atoms with van der Waals surface area (Å²) in [7, 11) is 0. The SMILES string of the molecule is O=C(Cc1ccc(Oc2ccccc2)cc1)Nc1ccc2nn(CCN3CCCC3)cc2c1. The zero-order valence-electron chi connectivity index (χ0n) is 18.6. The number of amides is 1. The van der Waals surface area contributed by atoms with Crippen LogP contribution in [0.1, 0.15) is 18.4 Å². The molecule has 168 valence electrons. The first kappa shape index (κ1) is 21.2. The molecule has 0 atom stereocenters. The molecule has 1 fully saturated rings. The van der Waals surface area contributed by atoms with E-state index in [-0.39, 0.29) is 5.91 Å². The molecule has 0 saturated carbocycles. The number of nitrogens with zero attached hydrogens (tertiary/aromatic N) is 3. The summed E-state index contributed by atoms with van der Waals surface area (Å²) in [6.45, 7) is 4.31. The van der Waals surface area contributed by atoms with E-state index in [2.05, 4.69) is 21.5 Å². The number of nitrogens with one attached hydrogen (secondary N) is 1. The quantitative estimate of drug-likeness (QED) is 0.414. The van der Waals surface area contributed by atoms with Crippen LogP contribution >= 0.6 is 0 Å². The zero-order chi connectivity index (χ0) is 22.5. The van der Waals surface area contributed by atoms with Crippen molar-refractivity contribution in [2.45, 2.75) is 25.8 Å². The first-order valence-corrected chi connectivity index (χ1v) is 11.5. The van der Waals surface area contributed by atoms with Gasteiger partial charge in [-0.1, -0.05) is 30.3 Å². The molecule has 0 bridgehead atoms. The summed E-state index contributed by atoms with van der Waals surface area (Å²) in [6.07, 6.45) is 4.97. The van der Waals surface area contributed by atoms with Crippen molar-refractivity contribution in [2.24, 2.45) is 0 Å². The Hall–Kier alpha value is -3.64. The Labute approximate surface area is 193 Å². The molecule has 1 aliphatic heterocycles. The third-order valence-corrected chi connectivity index (χ3v) is 5.95. The van der Waals surface area contributed by atoms with E-state index in [1.165, 1.54) is 25.9 Å². The summed E-state index contributed by atoms with van der Waals surface area (Å²) in [4.78, 5) is 15.1. The molecule has 1 aliphatic rings. The minimum absolute atomic E-state index is 0.0486.